The van der Waals surface area contributed by atoms with Crippen molar-refractivity contribution in [2.75, 3.05) is 33.2 Å². The number of hydrogen-bond acceptors (Lipinski definition) is 6. The summed E-state index contributed by atoms with van der Waals surface area (Å²) in [5.41, 5.74) is 2.13. The number of piperidine rings is 2. The van der Waals surface area contributed by atoms with Gasteiger partial charge in [-0.2, -0.15) is 0 Å². The van der Waals surface area contributed by atoms with Crippen LogP contribution in [-0.4, -0.2) is 70.0 Å². The lowest BCUT2D eigenvalue weighted by Gasteiger charge is -2.42. The summed E-state index contributed by atoms with van der Waals surface area (Å²) < 4.78 is 5.28. The van der Waals surface area contributed by atoms with E-state index in [-0.39, 0.29) is 11.8 Å². The molecule has 7 heteroatoms. The van der Waals surface area contributed by atoms with E-state index in [1.54, 1.807) is 4.90 Å². The number of amides is 1. The van der Waals surface area contributed by atoms with Gasteiger partial charge in [0.15, 0.2) is 5.76 Å². The van der Waals surface area contributed by atoms with Crippen LogP contribution >= 0.6 is 0 Å². The third-order valence-corrected chi connectivity index (χ3v) is 6.45. The highest BCUT2D eigenvalue weighted by molar-refractivity contribution is 5.78. The summed E-state index contributed by atoms with van der Waals surface area (Å²) in [6.45, 7) is 7.58. The highest BCUT2D eigenvalue weighted by atomic mass is 16.5. The second-order valence-corrected chi connectivity index (χ2v) is 8.83. The number of carbonyl (C=O) groups excluding carboxylic acids is 1. The van der Waals surface area contributed by atoms with Gasteiger partial charge in [-0.15, -0.1) is 0 Å². The van der Waals surface area contributed by atoms with E-state index >= 15 is 0 Å². The maximum absolute atomic E-state index is 13.0. The number of aromatic nitrogens is 2. The predicted octanol–water partition coefficient (Wildman–Crippen LogP) is 2.71. The van der Waals surface area contributed by atoms with Gasteiger partial charge in [0.25, 0.3) is 0 Å². The van der Waals surface area contributed by atoms with Crippen LogP contribution in [0.5, 0.6) is 0 Å². The Morgan fingerprint density at radius 2 is 2.10 bits per heavy atom. The van der Waals surface area contributed by atoms with Crippen LogP contribution in [0.1, 0.15) is 42.7 Å². The lowest BCUT2D eigenvalue weighted by atomic mass is 9.93. The number of hydrogen-bond donors (Lipinski definition) is 0. The molecule has 30 heavy (non-hydrogen) atoms. The number of pyridine rings is 1. The average molecular weight is 412 g/mol. The molecule has 2 fully saturated rings. The van der Waals surface area contributed by atoms with Crippen LogP contribution in [-0.2, 0) is 17.9 Å². The Labute approximate surface area is 179 Å². The number of nitrogens with zero attached hydrogens (tertiary/aromatic N) is 5. The van der Waals surface area contributed by atoms with E-state index in [9.17, 15) is 4.79 Å². The van der Waals surface area contributed by atoms with Gasteiger partial charge < -0.3 is 9.42 Å². The van der Waals surface area contributed by atoms with Crippen molar-refractivity contribution in [3.63, 3.8) is 0 Å². The molecule has 0 spiro atoms. The summed E-state index contributed by atoms with van der Waals surface area (Å²) in [6.07, 6.45) is 8.22. The number of carbonyl (C=O) groups is 1. The van der Waals surface area contributed by atoms with Crippen LogP contribution in [0.2, 0.25) is 0 Å². The summed E-state index contributed by atoms with van der Waals surface area (Å²) >= 11 is 0. The first kappa shape index (κ1) is 21.0. The molecule has 0 unspecified atom stereocenters. The fraction of sp³-hybridized carbons (Fsp3) is 0.609. The van der Waals surface area contributed by atoms with Crippen LogP contribution in [0, 0.1) is 12.8 Å². The summed E-state index contributed by atoms with van der Waals surface area (Å²) in [4.78, 5) is 24.1. The topological polar surface area (TPSA) is 65.7 Å². The van der Waals surface area contributed by atoms with Crippen LogP contribution in [0.25, 0.3) is 0 Å². The van der Waals surface area contributed by atoms with E-state index in [1.807, 2.05) is 38.5 Å². The largest absolute Gasteiger partial charge is 0.359 e. The standard InChI is InChI=1S/C23H33N5O2/c1-18-13-22(30-25-18)17-26(2)23(29)20-6-4-10-28(16-20)21-7-11-27(12-8-21)15-19-5-3-9-24-14-19/h3,5,9,13-14,20-21H,4,6-8,10-12,15-17H2,1-2H3/t20-/m1/s1. The van der Waals surface area contributed by atoms with E-state index in [1.165, 1.54) is 18.4 Å². The van der Waals surface area contributed by atoms with Gasteiger partial charge >= 0.3 is 0 Å². The van der Waals surface area contributed by atoms with Crippen molar-refractivity contribution < 1.29 is 9.32 Å². The van der Waals surface area contributed by atoms with Gasteiger partial charge in [0.2, 0.25) is 5.91 Å². The maximum atomic E-state index is 13.0. The molecule has 2 aromatic rings. The molecular weight excluding hydrogens is 378 g/mol. The van der Waals surface area contributed by atoms with Gasteiger partial charge in [-0.3, -0.25) is 19.6 Å². The third-order valence-electron chi connectivity index (χ3n) is 6.45. The lowest BCUT2D eigenvalue weighted by Crippen LogP contribution is -2.50. The van der Waals surface area contributed by atoms with Crippen molar-refractivity contribution in [3.8, 4) is 0 Å². The van der Waals surface area contributed by atoms with Crippen molar-refractivity contribution in [2.45, 2.75) is 51.7 Å². The second-order valence-electron chi connectivity index (χ2n) is 8.83. The molecule has 2 aromatic heterocycles. The molecule has 4 heterocycles. The number of aryl methyl sites for hydroxylation is 1. The molecule has 2 aliphatic heterocycles. The zero-order valence-electron chi connectivity index (χ0n) is 18.2. The molecule has 0 radical (unpaired) electrons. The highest BCUT2D eigenvalue weighted by Crippen LogP contribution is 2.26. The minimum absolute atomic E-state index is 0.0844. The summed E-state index contributed by atoms with van der Waals surface area (Å²) in [5, 5.41) is 3.92. The SMILES string of the molecule is Cc1cc(CN(C)C(=O)[C@@H]2CCCN(C3CCN(Cc4cccnc4)CC3)C2)on1. The van der Waals surface area contributed by atoms with Crippen molar-refractivity contribution in [1.82, 2.24) is 24.8 Å². The average Bonchev–Trinajstić information content (AvgIpc) is 3.19. The van der Waals surface area contributed by atoms with Crippen LogP contribution in [0.3, 0.4) is 0 Å². The fourth-order valence-corrected chi connectivity index (χ4v) is 4.85. The molecular formula is C23H33N5O2. The smallest absolute Gasteiger partial charge is 0.227 e. The Bertz CT molecular complexity index is 816. The van der Waals surface area contributed by atoms with Gasteiger partial charge in [0.05, 0.1) is 18.2 Å². The third kappa shape index (κ3) is 5.26. The molecule has 2 saturated heterocycles. The van der Waals surface area contributed by atoms with E-state index < -0.39 is 0 Å². The zero-order valence-corrected chi connectivity index (χ0v) is 18.2. The molecule has 2 aliphatic rings. The normalized spacial score (nSPS) is 21.6. The van der Waals surface area contributed by atoms with Crippen molar-refractivity contribution in [3.05, 3.63) is 47.6 Å². The minimum atomic E-state index is 0.0844. The van der Waals surface area contributed by atoms with Crippen LogP contribution in [0.15, 0.2) is 35.1 Å². The molecule has 7 nitrogen and oxygen atoms in total. The first-order chi connectivity index (χ1) is 14.6. The Kier molecular flexibility index (Phi) is 6.79. The number of rotatable bonds is 6. The maximum Gasteiger partial charge on any atom is 0.227 e. The summed E-state index contributed by atoms with van der Waals surface area (Å²) in [6, 6.07) is 6.65. The van der Waals surface area contributed by atoms with Gasteiger partial charge in [0.1, 0.15) is 0 Å². The van der Waals surface area contributed by atoms with Gasteiger partial charge in [-0.25, -0.2) is 0 Å². The molecule has 0 N–H and O–H groups in total. The molecule has 1 atom stereocenters. The van der Waals surface area contributed by atoms with Gasteiger partial charge in [-0.05, 0) is 63.9 Å². The van der Waals surface area contributed by atoms with E-state index in [4.69, 9.17) is 4.52 Å². The Balaban J connectivity index is 1.26. The van der Waals surface area contributed by atoms with Crippen molar-refractivity contribution >= 4 is 5.91 Å². The van der Waals surface area contributed by atoms with Crippen molar-refractivity contribution in [2.24, 2.45) is 5.92 Å². The number of likely N-dealkylation sites (tertiary alicyclic amines) is 2. The first-order valence-electron chi connectivity index (χ1n) is 11.1. The lowest BCUT2D eigenvalue weighted by molar-refractivity contribution is -0.137. The Morgan fingerprint density at radius 1 is 1.27 bits per heavy atom. The summed E-state index contributed by atoms with van der Waals surface area (Å²) in [7, 11) is 1.87. The fourth-order valence-electron chi connectivity index (χ4n) is 4.85. The molecule has 1 amide bonds. The van der Waals surface area contributed by atoms with E-state index in [0.717, 1.165) is 57.0 Å². The monoisotopic (exact) mass is 411 g/mol. The van der Waals surface area contributed by atoms with Gasteiger partial charge in [-0.1, -0.05) is 11.2 Å². The zero-order chi connectivity index (χ0) is 20.9. The van der Waals surface area contributed by atoms with Crippen LogP contribution < -0.4 is 0 Å². The molecule has 0 aliphatic carbocycles. The Hall–Kier alpha value is -2.25. The molecule has 0 bridgehead atoms. The first-order valence-corrected chi connectivity index (χ1v) is 11.1. The van der Waals surface area contributed by atoms with Gasteiger partial charge in [0, 0.05) is 44.6 Å². The predicted molar refractivity (Wildman–Crippen MR) is 115 cm³/mol. The molecule has 0 aromatic carbocycles. The molecule has 162 valence electrons. The van der Waals surface area contributed by atoms with Crippen molar-refractivity contribution in [1.29, 1.82) is 0 Å². The molecule has 0 saturated carbocycles. The highest BCUT2D eigenvalue weighted by Gasteiger charge is 2.33. The van der Waals surface area contributed by atoms with Crippen LogP contribution in [0.4, 0.5) is 0 Å². The van der Waals surface area contributed by atoms with E-state index in [0.29, 0.717) is 12.6 Å². The van der Waals surface area contributed by atoms with E-state index in [2.05, 4.69) is 26.0 Å². The summed E-state index contributed by atoms with van der Waals surface area (Å²) in [5.74, 6) is 1.06. The minimum Gasteiger partial charge on any atom is -0.359 e. The quantitative estimate of drug-likeness (QED) is 0.728. The Morgan fingerprint density at radius 3 is 2.80 bits per heavy atom. The molecule has 4 rings (SSSR count). The second kappa shape index (κ2) is 9.71.